The largest absolute Gasteiger partial charge is 0.457 e. The monoisotopic (exact) mass is 337 g/mol. The van der Waals surface area contributed by atoms with Crippen molar-refractivity contribution in [1.29, 1.82) is 0 Å². The Bertz CT molecular complexity index is 941. The van der Waals surface area contributed by atoms with Crippen molar-refractivity contribution in [3.8, 4) is 0 Å². The van der Waals surface area contributed by atoms with Crippen LogP contribution < -0.4 is 0 Å². The van der Waals surface area contributed by atoms with Crippen molar-refractivity contribution in [2.24, 2.45) is 4.99 Å². The number of ether oxygens (including phenoxy) is 1. The van der Waals surface area contributed by atoms with Crippen LogP contribution in [-0.2, 0) is 16.8 Å². The summed E-state index contributed by atoms with van der Waals surface area (Å²) in [5, 5.41) is 0. The first-order chi connectivity index (χ1) is 11.7. The van der Waals surface area contributed by atoms with Crippen molar-refractivity contribution in [3.05, 3.63) is 70.0 Å². The van der Waals surface area contributed by atoms with Crippen LogP contribution in [-0.4, -0.2) is 17.2 Å². The minimum Gasteiger partial charge on any atom is -0.457 e. The Morgan fingerprint density at radius 1 is 1.08 bits per heavy atom. The topological polar surface area (TPSA) is 38.7 Å². The minimum atomic E-state index is -0.469. The fraction of sp³-hybridized carbons (Fsp3) is 0.333. The maximum absolute atomic E-state index is 14.8. The van der Waals surface area contributed by atoms with E-state index < -0.39 is 11.0 Å². The Kier molecular flexibility index (Phi) is 3.21. The number of cyclic esters (lactones) is 1. The SMILES string of the molecule is CC1(C)N=C(c2ccc3c(c2)COC3=O)c2cccc(F)c2C1(C)C. The van der Waals surface area contributed by atoms with Gasteiger partial charge >= 0.3 is 5.97 Å². The Morgan fingerprint density at radius 3 is 2.60 bits per heavy atom. The molecule has 0 saturated heterocycles. The number of aliphatic imine (C=N–C) groups is 1. The van der Waals surface area contributed by atoms with E-state index in [-0.39, 0.29) is 18.4 Å². The van der Waals surface area contributed by atoms with Gasteiger partial charge in [0, 0.05) is 27.7 Å². The third kappa shape index (κ3) is 2.16. The summed E-state index contributed by atoms with van der Waals surface area (Å²) in [7, 11) is 0. The maximum atomic E-state index is 14.8. The van der Waals surface area contributed by atoms with E-state index in [0.29, 0.717) is 11.1 Å². The van der Waals surface area contributed by atoms with Gasteiger partial charge in [0.15, 0.2) is 0 Å². The van der Waals surface area contributed by atoms with Crippen molar-refractivity contribution in [2.75, 3.05) is 0 Å². The van der Waals surface area contributed by atoms with Crippen LogP contribution in [0.4, 0.5) is 4.39 Å². The zero-order valence-corrected chi connectivity index (χ0v) is 14.8. The molecule has 0 bridgehead atoms. The van der Waals surface area contributed by atoms with Gasteiger partial charge in [0.2, 0.25) is 0 Å². The Morgan fingerprint density at radius 2 is 1.84 bits per heavy atom. The average Bonchev–Trinajstić information content (AvgIpc) is 2.92. The summed E-state index contributed by atoms with van der Waals surface area (Å²) >= 11 is 0. The van der Waals surface area contributed by atoms with Crippen molar-refractivity contribution >= 4 is 11.7 Å². The molecule has 2 aromatic rings. The number of hydrogen-bond donors (Lipinski definition) is 0. The van der Waals surface area contributed by atoms with Gasteiger partial charge in [-0.25, -0.2) is 9.18 Å². The van der Waals surface area contributed by atoms with Crippen LogP contribution in [0.1, 0.15) is 60.3 Å². The second kappa shape index (κ2) is 5.01. The highest BCUT2D eigenvalue weighted by Crippen LogP contribution is 2.45. The zero-order chi connectivity index (χ0) is 18.0. The lowest BCUT2D eigenvalue weighted by molar-refractivity contribution is 0.0535. The molecule has 0 radical (unpaired) electrons. The van der Waals surface area contributed by atoms with Crippen molar-refractivity contribution < 1.29 is 13.9 Å². The molecule has 0 atom stereocenters. The number of fused-ring (bicyclic) bond motifs is 2. The predicted octanol–water partition coefficient (Wildman–Crippen LogP) is 4.40. The summed E-state index contributed by atoms with van der Waals surface area (Å²) < 4.78 is 19.8. The number of carbonyl (C=O) groups is 1. The van der Waals surface area contributed by atoms with Crippen LogP contribution in [0.15, 0.2) is 41.4 Å². The van der Waals surface area contributed by atoms with E-state index in [1.165, 1.54) is 6.07 Å². The standard InChI is InChI=1S/C21H20FNO2/c1-20(2)17-15(6-5-7-16(17)22)18(23-21(20,3)4)12-8-9-14-13(10-12)11-25-19(14)24/h5-10H,11H2,1-4H3. The first-order valence-electron chi connectivity index (χ1n) is 8.42. The lowest BCUT2D eigenvalue weighted by atomic mass is 9.65. The van der Waals surface area contributed by atoms with E-state index in [4.69, 9.17) is 9.73 Å². The lowest BCUT2D eigenvalue weighted by Crippen LogP contribution is -2.46. The fourth-order valence-electron chi connectivity index (χ4n) is 3.64. The third-order valence-electron chi connectivity index (χ3n) is 5.77. The van der Waals surface area contributed by atoms with Crippen LogP contribution in [0.25, 0.3) is 0 Å². The number of hydrogen-bond acceptors (Lipinski definition) is 3. The highest BCUT2D eigenvalue weighted by molar-refractivity contribution is 6.15. The van der Waals surface area contributed by atoms with Crippen LogP contribution in [0.2, 0.25) is 0 Å². The van der Waals surface area contributed by atoms with Gasteiger partial charge in [-0.15, -0.1) is 0 Å². The van der Waals surface area contributed by atoms with Gasteiger partial charge in [0.1, 0.15) is 12.4 Å². The molecule has 0 N–H and O–H groups in total. The quantitative estimate of drug-likeness (QED) is 0.723. The van der Waals surface area contributed by atoms with E-state index in [1.807, 2.05) is 45.9 Å². The molecule has 0 amide bonds. The molecular formula is C21H20FNO2. The summed E-state index contributed by atoms with van der Waals surface area (Å²) in [5.41, 5.74) is 3.70. The van der Waals surface area contributed by atoms with Gasteiger partial charge < -0.3 is 4.74 Å². The number of carbonyl (C=O) groups excluding carboxylic acids is 1. The normalized spacial score (nSPS) is 19.7. The van der Waals surface area contributed by atoms with Gasteiger partial charge in [0.25, 0.3) is 0 Å². The molecule has 25 heavy (non-hydrogen) atoms. The summed E-state index contributed by atoms with van der Waals surface area (Å²) in [6.45, 7) is 8.40. The molecule has 2 aromatic carbocycles. The average molecular weight is 337 g/mol. The molecule has 0 aromatic heterocycles. The number of esters is 1. The van der Waals surface area contributed by atoms with E-state index >= 15 is 0 Å². The molecule has 4 heteroatoms. The molecule has 2 aliphatic heterocycles. The third-order valence-corrected chi connectivity index (χ3v) is 5.77. The van der Waals surface area contributed by atoms with Crippen LogP contribution >= 0.6 is 0 Å². The van der Waals surface area contributed by atoms with E-state index in [0.717, 1.165) is 22.4 Å². The van der Waals surface area contributed by atoms with E-state index in [2.05, 4.69) is 0 Å². The molecule has 0 fully saturated rings. The van der Waals surface area contributed by atoms with Crippen molar-refractivity contribution in [3.63, 3.8) is 0 Å². The molecular weight excluding hydrogens is 317 g/mol. The number of halogens is 1. The Balaban J connectivity index is 1.96. The number of rotatable bonds is 1. The van der Waals surface area contributed by atoms with Gasteiger partial charge in [-0.2, -0.15) is 0 Å². The van der Waals surface area contributed by atoms with E-state index in [9.17, 15) is 9.18 Å². The molecule has 0 unspecified atom stereocenters. The first kappa shape index (κ1) is 16.0. The number of benzene rings is 2. The summed E-state index contributed by atoms with van der Waals surface area (Å²) in [6.07, 6.45) is 0. The highest BCUT2D eigenvalue weighted by Gasteiger charge is 2.45. The molecule has 4 rings (SSSR count). The summed E-state index contributed by atoms with van der Waals surface area (Å²) in [6, 6.07) is 10.7. The molecule has 2 aliphatic rings. The smallest absolute Gasteiger partial charge is 0.338 e. The van der Waals surface area contributed by atoms with Gasteiger partial charge in [0.05, 0.1) is 16.8 Å². The van der Waals surface area contributed by atoms with Crippen LogP contribution in [0, 0.1) is 5.82 Å². The fourth-order valence-corrected chi connectivity index (χ4v) is 3.64. The molecule has 3 nitrogen and oxygen atoms in total. The maximum Gasteiger partial charge on any atom is 0.338 e. The predicted molar refractivity (Wildman–Crippen MR) is 94.7 cm³/mol. The number of nitrogens with zero attached hydrogens (tertiary/aromatic N) is 1. The molecule has 0 aliphatic carbocycles. The minimum absolute atomic E-state index is 0.206. The summed E-state index contributed by atoms with van der Waals surface area (Å²) in [5.74, 6) is -0.498. The summed E-state index contributed by atoms with van der Waals surface area (Å²) in [4.78, 5) is 16.7. The van der Waals surface area contributed by atoms with Crippen LogP contribution in [0.3, 0.4) is 0 Å². The van der Waals surface area contributed by atoms with Crippen molar-refractivity contribution in [1.82, 2.24) is 0 Å². The second-order valence-corrected chi connectivity index (χ2v) is 7.75. The van der Waals surface area contributed by atoms with E-state index in [1.54, 1.807) is 12.1 Å². The molecule has 2 heterocycles. The molecule has 0 spiro atoms. The van der Waals surface area contributed by atoms with Gasteiger partial charge in [-0.1, -0.05) is 32.0 Å². The first-order valence-corrected chi connectivity index (χ1v) is 8.42. The lowest BCUT2D eigenvalue weighted by Gasteiger charge is -2.44. The van der Waals surface area contributed by atoms with Gasteiger partial charge in [-0.05, 0) is 32.0 Å². The van der Waals surface area contributed by atoms with Crippen molar-refractivity contribution in [2.45, 2.75) is 45.3 Å². The Labute approximate surface area is 146 Å². The van der Waals surface area contributed by atoms with Crippen LogP contribution in [0.5, 0.6) is 0 Å². The van der Waals surface area contributed by atoms with Gasteiger partial charge in [-0.3, -0.25) is 4.99 Å². The molecule has 128 valence electrons. The Hall–Kier alpha value is -2.49. The highest BCUT2D eigenvalue weighted by atomic mass is 19.1. The molecule has 0 saturated carbocycles. The second-order valence-electron chi connectivity index (χ2n) is 7.75. The zero-order valence-electron chi connectivity index (χ0n) is 14.8.